The third kappa shape index (κ3) is 5.31. The molecule has 0 aromatic carbocycles. The molecule has 0 aromatic rings. The van der Waals surface area contributed by atoms with E-state index in [2.05, 4.69) is 0 Å². The zero-order valence-corrected chi connectivity index (χ0v) is 16.5. The summed E-state index contributed by atoms with van der Waals surface area (Å²) in [7, 11) is -3.65. The zero-order valence-electron chi connectivity index (χ0n) is 15.7. The van der Waals surface area contributed by atoms with Crippen LogP contribution in [0.2, 0.25) is 0 Å². The van der Waals surface area contributed by atoms with Gasteiger partial charge in [-0.3, -0.25) is 4.79 Å². The number of carboxylic acid groups (broad SMARTS) is 1. The van der Waals surface area contributed by atoms with Crippen LogP contribution >= 0.6 is 0 Å². The number of ether oxygens (including phenoxy) is 1. The number of hydrogen-bond donors (Lipinski definition) is 1. The van der Waals surface area contributed by atoms with Crippen molar-refractivity contribution < 1.29 is 27.9 Å². The van der Waals surface area contributed by atoms with Crippen LogP contribution < -0.4 is 0 Å². The molecule has 0 saturated carbocycles. The van der Waals surface area contributed by atoms with Gasteiger partial charge in [0.1, 0.15) is 5.60 Å². The number of carbonyl (C=O) groups excluding carboxylic acids is 1. The Bertz CT molecular complexity index is 622. The average Bonchev–Trinajstić information content (AvgIpc) is 2.80. The first-order valence-electron chi connectivity index (χ1n) is 8.96. The summed E-state index contributed by atoms with van der Waals surface area (Å²) < 4.78 is 33.8. The van der Waals surface area contributed by atoms with Gasteiger partial charge in [-0.05, 0) is 40.0 Å². The summed E-state index contributed by atoms with van der Waals surface area (Å²) in [5.74, 6) is -1.35. The van der Waals surface area contributed by atoms with E-state index < -0.39 is 33.8 Å². The van der Waals surface area contributed by atoms with Gasteiger partial charge in [-0.2, -0.15) is 17.0 Å². The molecule has 1 amide bonds. The van der Waals surface area contributed by atoms with Gasteiger partial charge in [-0.1, -0.05) is 0 Å². The average molecular weight is 391 g/mol. The summed E-state index contributed by atoms with van der Waals surface area (Å²) in [6.45, 7) is 7.07. The maximum absolute atomic E-state index is 12.8. The second kappa shape index (κ2) is 8.10. The molecule has 2 aliphatic rings. The van der Waals surface area contributed by atoms with E-state index in [-0.39, 0.29) is 26.2 Å². The van der Waals surface area contributed by atoms with Crippen LogP contribution in [0.3, 0.4) is 0 Å². The Kier molecular flexibility index (Phi) is 6.51. The molecule has 10 heteroatoms. The fraction of sp³-hybridized carbons (Fsp3) is 0.875. The quantitative estimate of drug-likeness (QED) is 0.768. The molecule has 0 aromatic heterocycles. The monoisotopic (exact) mass is 391 g/mol. The number of aliphatic carboxylic acids is 1. The summed E-state index contributed by atoms with van der Waals surface area (Å²) in [6.07, 6.45) is 0.752. The van der Waals surface area contributed by atoms with Gasteiger partial charge in [0.05, 0.1) is 5.92 Å². The Labute approximate surface area is 155 Å². The van der Waals surface area contributed by atoms with E-state index in [0.717, 1.165) is 0 Å². The molecule has 2 fully saturated rings. The number of amides is 1. The van der Waals surface area contributed by atoms with Crippen LogP contribution in [-0.2, 0) is 19.7 Å². The van der Waals surface area contributed by atoms with Crippen molar-refractivity contribution >= 4 is 22.3 Å². The van der Waals surface area contributed by atoms with Crippen molar-refractivity contribution in [1.82, 2.24) is 13.5 Å². The van der Waals surface area contributed by atoms with Crippen LogP contribution in [-0.4, -0.2) is 84.0 Å². The van der Waals surface area contributed by atoms with E-state index in [1.165, 1.54) is 13.5 Å². The third-order valence-corrected chi connectivity index (χ3v) is 6.60. The second-order valence-corrected chi connectivity index (χ2v) is 9.67. The predicted molar refractivity (Wildman–Crippen MR) is 94.8 cm³/mol. The van der Waals surface area contributed by atoms with E-state index in [1.807, 2.05) is 0 Å². The van der Waals surface area contributed by atoms with E-state index >= 15 is 0 Å². The summed E-state index contributed by atoms with van der Waals surface area (Å²) in [6, 6.07) is 0. The fourth-order valence-corrected chi connectivity index (χ4v) is 4.80. The molecule has 2 saturated heterocycles. The fourth-order valence-electron chi connectivity index (χ4n) is 3.13. The molecule has 0 aliphatic carbocycles. The van der Waals surface area contributed by atoms with Crippen molar-refractivity contribution in [3.63, 3.8) is 0 Å². The lowest BCUT2D eigenvalue weighted by Crippen LogP contribution is -2.49. The number of rotatable bonds is 3. The highest BCUT2D eigenvalue weighted by Gasteiger charge is 2.36. The van der Waals surface area contributed by atoms with E-state index in [4.69, 9.17) is 9.84 Å². The molecule has 1 N–H and O–H groups in total. The highest BCUT2D eigenvalue weighted by atomic mass is 32.2. The Morgan fingerprint density at radius 1 is 0.962 bits per heavy atom. The van der Waals surface area contributed by atoms with Gasteiger partial charge < -0.3 is 14.7 Å². The van der Waals surface area contributed by atoms with Crippen molar-refractivity contribution in [2.75, 3.05) is 39.3 Å². The first kappa shape index (κ1) is 20.9. The van der Waals surface area contributed by atoms with Crippen molar-refractivity contribution in [2.45, 2.75) is 45.6 Å². The molecule has 0 unspecified atom stereocenters. The molecule has 2 heterocycles. The number of piperidine rings is 1. The normalized spacial score (nSPS) is 22.0. The molecule has 0 bridgehead atoms. The van der Waals surface area contributed by atoms with Crippen LogP contribution in [0.25, 0.3) is 0 Å². The molecule has 0 atom stereocenters. The van der Waals surface area contributed by atoms with Crippen LogP contribution in [0.5, 0.6) is 0 Å². The third-order valence-electron chi connectivity index (χ3n) is 4.56. The molecular weight excluding hydrogens is 362 g/mol. The molecule has 0 spiro atoms. The van der Waals surface area contributed by atoms with E-state index in [9.17, 15) is 18.0 Å². The minimum absolute atomic E-state index is 0.209. The number of carbonyl (C=O) groups is 2. The highest BCUT2D eigenvalue weighted by Crippen LogP contribution is 2.22. The lowest BCUT2D eigenvalue weighted by Gasteiger charge is -2.33. The molecule has 150 valence electrons. The van der Waals surface area contributed by atoms with Gasteiger partial charge in [0.2, 0.25) is 0 Å². The number of carboxylic acids is 1. The van der Waals surface area contributed by atoms with Gasteiger partial charge in [-0.25, -0.2) is 4.79 Å². The topological polar surface area (TPSA) is 107 Å². The lowest BCUT2D eigenvalue weighted by atomic mass is 9.99. The molecular formula is C16H29N3O6S. The van der Waals surface area contributed by atoms with E-state index in [1.54, 1.807) is 20.8 Å². The first-order chi connectivity index (χ1) is 12.0. The summed E-state index contributed by atoms with van der Waals surface area (Å²) in [5, 5.41) is 9.05. The minimum atomic E-state index is -3.65. The first-order valence-corrected chi connectivity index (χ1v) is 10.4. The highest BCUT2D eigenvalue weighted by molar-refractivity contribution is 7.86. The summed E-state index contributed by atoms with van der Waals surface area (Å²) in [4.78, 5) is 24.8. The smallest absolute Gasteiger partial charge is 0.410 e. The predicted octanol–water partition coefficient (Wildman–Crippen LogP) is 0.971. The van der Waals surface area contributed by atoms with Crippen molar-refractivity contribution in [1.29, 1.82) is 0 Å². The maximum atomic E-state index is 12.8. The van der Waals surface area contributed by atoms with Crippen LogP contribution in [0.15, 0.2) is 0 Å². The second-order valence-electron chi connectivity index (χ2n) is 7.74. The van der Waals surface area contributed by atoms with Crippen LogP contribution in [0.1, 0.15) is 40.0 Å². The van der Waals surface area contributed by atoms with Gasteiger partial charge in [-0.15, -0.1) is 0 Å². The Balaban J connectivity index is 1.95. The molecule has 2 aliphatic heterocycles. The molecule has 2 rings (SSSR count). The van der Waals surface area contributed by atoms with Crippen molar-refractivity contribution in [2.24, 2.45) is 5.92 Å². The largest absolute Gasteiger partial charge is 0.481 e. The molecule has 26 heavy (non-hydrogen) atoms. The number of hydrogen-bond acceptors (Lipinski definition) is 5. The van der Waals surface area contributed by atoms with Crippen LogP contribution in [0.4, 0.5) is 4.79 Å². The Morgan fingerprint density at radius 2 is 1.54 bits per heavy atom. The van der Waals surface area contributed by atoms with Crippen molar-refractivity contribution in [3.05, 3.63) is 0 Å². The van der Waals surface area contributed by atoms with Crippen molar-refractivity contribution in [3.8, 4) is 0 Å². The Hall–Kier alpha value is -1.39. The SMILES string of the molecule is CC(C)(C)OC(=O)N1CCCN(S(=O)(=O)N2CCC(C(=O)O)CC2)CC1. The minimum Gasteiger partial charge on any atom is -0.481 e. The van der Waals surface area contributed by atoms with Gasteiger partial charge in [0.15, 0.2) is 0 Å². The molecule has 9 nitrogen and oxygen atoms in total. The van der Waals surface area contributed by atoms with Gasteiger partial charge in [0, 0.05) is 39.3 Å². The lowest BCUT2D eigenvalue weighted by molar-refractivity contribution is -0.142. The molecule has 0 radical (unpaired) electrons. The standard InChI is InChI=1S/C16H29N3O6S/c1-16(2,3)25-15(22)17-7-4-8-18(12-11-17)26(23,24)19-9-5-13(6-10-19)14(20)21/h13H,4-12H2,1-3H3,(H,20,21). The van der Waals surface area contributed by atoms with Gasteiger partial charge >= 0.3 is 12.1 Å². The summed E-state index contributed by atoms with van der Waals surface area (Å²) >= 11 is 0. The van der Waals surface area contributed by atoms with Crippen LogP contribution in [0, 0.1) is 5.92 Å². The van der Waals surface area contributed by atoms with Gasteiger partial charge in [0.25, 0.3) is 10.2 Å². The zero-order chi connectivity index (χ0) is 19.5. The maximum Gasteiger partial charge on any atom is 0.410 e. The Morgan fingerprint density at radius 3 is 2.08 bits per heavy atom. The number of nitrogens with zero attached hydrogens (tertiary/aromatic N) is 3. The van der Waals surface area contributed by atoms with E-state index in [0.29, 0.717) is 32.4 Å². The summed E-state index contributed by atoms with van der Waals surface area (Å²) in [5.41, 5.74) is -0.594.